The molecule has 0 aliphatic heterocycles. The Hall–Kier alpha value is -0.720. The zero-order valence-electron chi connectivity index (χ0n) is 10.2. The number of hydrogen-bond donors (Lipinski definition) is 0. The minimum Gasteiger partial charge on any atom is -0.232 e. The van der Waals surface area contributed by atoms with Crippen molar-refractivity contribution < 1.29 is 0 Å². The zero-order valence-corrected chi connectivity index (χ0v) is 13.9. The number of thiophene rings is 1. The molecule has 0 N–H and O–H groups in total. The van der Waals surface area contributed by atoms with Crippen molar-refractivity contribution in [1.82, 2.24) is 9.97 Å². The maximum atomic E-state index is 6.21. The number of rotatable bonds is 2. The Kier molecular flexibility index (Phi) is 3.73. The fourth-order valence-corrected chi connectivity index (χ4v) is 3.72. The van der Waals surface area contributed by atoms with E-state index in [9.17, 15) is 0 Å². The van der Waals surface area contributed by atoms with Gasteiger partial charge in [0.15, 0.2) is 5.82 Å². The first-order chi connectivity index (χ1) is 9.20. The molecule has 0 saturated heterocycles. The summed E-state index contributed by atoms with van der Waals surface area (Å²) in [5.74, 6) is 0.722. The van der Waals surface area contributed by atoms with Gasteiger partial charge in [-0.15, -0.1) is 11.3 Å². The van der Waals surface area contributed by atoms with Crippen LogP contribution in [0.25, 0.3) is 21.5 Å². The second kappa shape index (κ2) is 5.34. The smallest absolute Gasteiger partial charge is 0.162 e. The minimum absolute atomic E-state index is 0.540. The molecule has 0 atom stereocenters. The lowest BCUT2D eigenvalue weighted by Crippen LogP contribution is -1.99. The molecule has 3 aromatic rings. The summed E-state index contributed by atoms with van der Waals surface area (Å²) in [6, 6.07) is 8.29. The molecular weight excluding hydrogens is 391 g/mol. The topological polar surface area (TPSA) is 25.8 Å². The summed E-state index contributed by atoms with van der Waals surface area (Å²) < 4.78 is 2.19. The number of halogens is 2. The second-order valence-electron chi connectivity index (χ2n) is 4.10. The van der Waals surface area contributed by atoms with Gasteiger partial charge in [0.05, 0.1) is 9.26 Å². The summed E-state index contributed by atoms with van der Waals surface area (Å²) in [6.07, 6.45) is 0.857. The van der Waals surface area contributed by atoms with Crippen molar-refractivity contribution in [2.75, 3.05) is 0 Å². The van der Waals surface area contributed by atoms with Crippen molar-refractivity contribution in [3.63, 3.8) is 0 Å². The summed E-state index contributed by atoms with van der Waals surface area (Å²) in [5, 5.41) is 3.83. The van der Waals surface area contributed by atoms with Crippen molar-refractivity contribution in [2.45, 2.75) is 13.3 Å². The predicted molar refractivity (Wildman–Crippen MR) is 90.0 cm³/mol. The Morgan fingerprint density at radius 2 is 2.05 bits per heavy atom. The van der Waals surface area contributed by atoms with E-state index in [1.807, 2.05) is 12.1 Å². The van der Waals surface area contributed by atoms with Crippen LogP contribution in [0.15, 0.2) is 29.6 Å². The molecule has 0 fully saturated rings. The normalized spacial score (nSPS) is 11.1. The van der Waals surface area contributed by atoms with E-state index in [0.717, 1.165) is 27.1 Å². The lowest BCUT2D eigenvalue weighted by molar-refractivity contribution is 0.991. The van der Waals surface area contributed by atoms with E-state index in [2.05, 4.69) is 57.0 Å². The largest absolute Gasteiger partial charge is 0.232 e. The fraction of sp³-hybridized carbons (Fsp3) is 0.143. The third-order valence-electron chi connectivity index (χ3n) is 2.94. The van der Waals surface area contributed by atoms with Crippen LogP contribution in [0.5, 0.6) is 0 Å². The van der Waals surface area contributed by atoms with Gasteiger partial charge in [0, 0.05) is 21.0 Å². The van der Waals surface area contributed by atoms with Gasteiger partial charge in [-0.1, -0.05) is 36.7 Å². The highest BCUT2D eigenvalue weighted by atomic mass is 127. The molecule has 1 aromatic carbocycles. The number of aryl methyl sites for hydroxylation is 1. The van der Waals surface area contributed by atoms with E-state index in [-0.39, 0.29) is 0 Å². The molecule has 2 heterocycles. The molecular formula is C14H10ClIN2S. The van der Waals surface area contributed by atoms with Crippen molar-refractivity contribution in [3.05, 3.63) is 44.1 Å². The molecule has 0 radical (unpaired) electrons. The van der Waals surface area contributed by atoms with Crippen LogP contribution >= 0.6 is 45.5 Å². The lowest BCUT2D eigenvalue weighted by atomic mass is 10.1. The molecule has 19 heavy (non-hydrogen) atoms. The maximum Gasteiger partial charge on any atom is 0.162 e. The molecule has 5 heteroatoms. The van der Waals surface area contributed by atoms with Gasteiger partial charge in [0.25, 0.3) is 0 Å². The summed E-state index contributed by atoms with van der Waals surface area (Å²) in [4.78, 5) is 9.08. The lowest BCUT2D eigenvalue weighted by Gasteiger charge is -2.06. The summed E-state index contributed by atoms with van der Waals surface area (Å²) >= 11 is 10.1. The first-order valence-corrected chi connectivity index (χ1v) is 8.23. The second-order valence-corrected chi connectivity index (χ2v) is 6.45. The van der Waals surface area contributed by atoms with Crippen molar-refractivity contribution in [2.24, 2.45) is 0 Å². The average Bonchev–Trinajstić information content (AvgIpc) is 2.85. The summed E-state index contributed by atoms with van der Waals surface area (Å²) in [6.45, 7) is 2.08. The summed E-state index contributed by atoms with van der Waals surface area (Å²) in [5.41, 5.74) is 2.07. The minimum atomic E-state index is 0.540. The van der Waals surface area contributed by atoms with Crippen molar-refractivity contribution in [1.29, 1.82) is 0 Å². The molecule has 0 bridgehead atoms. The maximum absolute atomic E-state index is 6.21. The molecule has 0 amide bonds. The molecule has 0 unspecified atom stereocenters. The van der Waals surface area contributed by atoms with Crippen LogP contribution in [0, 0.1) is 3.57 Å². The molecule has 0 aliphatic rings. The monoisotopic (exact) mass is 400 g/mol. The van der Waals surface area contributed by atoms with E-state index >= 15 is 0 Å². The van der Waals surface area contributed by atoms with Gasteiger partial charge in [0.1, 0.15) is 5.15 Å². The molecule has 0 spiro atoms. The quantitative estimate of drug-likeness (QED) is 0.437. The van der Waals surface area contributed by atoms with Gasteiger partial charge < -0.3 is 0 Å². The van der Waals surface area contributed by atoms with Gasteiger partial charge in [-0.25, -0.2) is 9.97 Å². The van der Waals surface area contributed by atoms with Gasteiger partial charge in [-0.3, -0.25) is 0 Å². The highest BCUT2D eigenvalue weighted by molar-refractivity contribution is 14.1. The Morgan fingerprint density at radius 1 is 1.26 bits per heavy atom. The Balaban J connectivity index is 2.24. The fourth-order valence-electron chi connectivity index (χ4n) is 1.97. The van der Waals surface area contributed by atoms with E-state index in [0.29, 0.717) is 5.15 Å². The van der Waals surface area contributed by atoms with Gasteiger partial charge in [-0.05, 0) is 35.1 Å². The number of hydrogen-bond acceptors (Lipinski definition) is 3. The van der Waals surface area contributed by atoms with E-state index in [1.165, 1.54) is 10.1 Å². The van der Waals surface area contributed by atoms with Crippen LogP contribution in [-0.4, -0.2) is 9.97 Å². The SMILES string of the molecule is CCc1nc(-c2csc3ccccc23)nc(Cl)c1I. The Morgan fingerprint density at radius 3 is 2.84 bits per heavy atom. The molecule has 96 valence electrons. The van der Waals surface area contributed by atoms with Crippen molar-refractivity contribution in [3.8, 4) is 11.4 Å². The van der Waals surface area contributed by atoms with Crippen LogP contribution < -0.4 is 0 Å². The summed E-state index contributed by atoms with van der Waals surface area (Å²) in [7, 11) is 0. The first-order valence-electron chi connectivity index (χ1n) is 5.89. The molecule has 2 aromatic heterocycles. The third-order valence-corrected chi connectivity index (χ3v) is 5.63. The number of nitrogens with zero attached hydrogens (tertiary/aromatic N) is 2. The average molecular weight is 401 g/mol. The highest BCUT2D eigenvalue weighted by Gasteiger charge is 2.13. The van der Waals surface area contributed by atoms with E-state index < -0.39 is 0 Å². The number of aromatic nitrogens is 2. The third kappa shape index (κ3) is 2.37. The zero-order chi connectivity index (χ0) is 13.4. The van der Waals surface area contributed by atoms with E-state index in [4.69, 9.17) is 11.6 Å². The standard InChI is InChI=1S/C14H10ClIN2S/c1-2-10-12(16)13(15)18-14(17-10)9-7-19-11-6-4-3-5-8(9)11/h3-7H,2H2,1H3. The molecule has 2 nitrogen and oxygen atoms in total. The number of benzene rings is 1. The first kappa shape index (κ1) is 13.3. The van der Waals surface area contributed by atoms with Gasteiger partial charge in [-0.2, -0.15) is 0 Å². The van der Waals surface area contributed by atoms with Crippen LogP contribution in [0.4, 0.5) is 0 Å². The van der Waals surface area contributed by atoms with Crippen LogP contribution in [0.1, 0.15) is 12.6 Å². The molecule has 3 rings (SSSR count). The molecule has 0 saturated carbocycles. The van der Waals surface area contributed by atoms with Crippen LogP contribution in [0.2, 0.25) is 5.15 Å². The molecule has 0 aliphatic carbocycles. The Labute approximate surface area is 134 Å². The highest BCUT2D eigenvalue weighted by Crippen LogP contribution is 2.33. The van der Waals surface area contributed by atoms with Gasteiger partial charge in [0.2, 0.25) is 0 Å². The Bertz CT molecular complexity index is 754. The van der Waals surface area contributed by atoms with E-state index in [1.54, 1.807) is 11.3 Å². The van der Waals surface area contributed by atoms with Crippen LogP contribution in [-0.2, 0) is 6.42 Å². The van der Waals surface area contributed by atoms with Crippen molar-refractivity contribution >= 4 is 55.6 Å². The van der Waals surface area contributed by atoms with Crippen LogP contribution in [0.3, 0.4) is 0 Å². The van der Waals surface area contributed by atoms with Gasteiger partial charge >= 0.3 is 0 Å². The number of fused-ring (bicyclic) bond motifs is 1. The predicted octanol–water partition coefficient (Wildman–Crippen LogP) is 5.18.